The number of aliphatic hydroxyl groups is 2. The van der Waals surface area contributed by atoms with Crippen molar-refractivity contribution >= 4 is 74.9 Å². The van der Waals surface area contributed by atoms with E-state index in [1.807, 2.05) is 0 Å². The van der Waals surface area contributed by atoms with Crippen LogP contribution in [-0.4, -0.2) is 128 Å². The molecule has 7 atom stereocenters. The second kappa shape index (κ2) is 32.7. The Labute approximate surface area is 434 Å². The van der Waals surface area contributed by atoms with Crippen molar-refractivity contribution in [1.82, 2.24) is 30.2 Å². The smallest absolute Gasteiger partial charge is 0.386 e. The molecule has 0 radical (unpaired) electrons. The Hall–Kier alpha value is -3.81. The summed E-state index contributed by atoms with van der Waals surface area (Å²) < 4.78 is 62.5. The molecule has 3 rings (SSSR count). The van der Waals surface area contributed by atoms with Gasteiger partial charge in [-0.2, -0.15) is 4.31 Å². The lowest BCUT2D eigenvalue weighted by atomic mass is 9.87. The van der Waals surface area contributed by atoms with Crippen molar-refractivity contribution in [2.75, 3.05) is 37.8 Å². The molecule has 25 nitrogen and oxygen atoms in total. The molecule has 416 valence electrons. The maximum Gasteiger partial charge on any atom is 0.481 e. The number of anilines is 1. The number of carbonyl (C=O) groups excluding carboxylic acids is 4. The number of ether oxygens (including phenoxy) is 1. The van der Waals surface area contributed by atoms with E-state index in [1.165, 1.54) is 33.1 Å². The summed E-state index contributed by atoms with van der Waals surface area (Å²) >= 11 is 0.923. The number of phosphoric acid groups is 3. The summed E-state index contributed by atoms with van der Waals surface area (Å²) in [6.07, 6.45) is 21.7. The first-order valence-electron chi connectivity index (χ1n) is 24.1. The monoisotopic (exact) mass is 1120 g/mol. The Bertz CT molecular complexity index is 2380. The standard InChI is InChI=1S/C45H72N7O18P3S/c1-4-5-6-7-8-9-10-11-12-13-14-15-16-17-18-19-20-21-22-23-33(53)28-36(55)74-27-26-47-35(54)24-25-48-43(58)40(57)45(2,3)30-67-73(64,65)70-72(62,63)66-29-34-39(69-71(59,60)61)38(56)44(68-34)52-32-51-37-41(46)49-31-50-42(37)52/h8-9,11-12,14-15,17-18,31-32,34,38-40,44,56-57H,4-7,10,13,16,19-30H2,1-3H3,(H,47,54)(H,48,58)(H,62,63)(H,64,65)(H2,46,49,50)(H2,59,60,61)/b9-8-,12-11-,15-14-,18-17-/t34-,38+,39+,40-,44-/m0/s1. The summed E-state index contributed by atoms with van der Waals surface area (Å²) in [6.45, 7) is 2.51. The number of nitrogens with one attached hydrogen (secondary N) is 2. The Morgan fingerprint density at radius 3 is 2.11 bits per heavy atom. The van der Waals surface area contributed by atoms with Gasteiger partial charge in [-0.1, -0.05) is 100 Å². The van der Waals surface area contributed by atoms with E-state index >= 15 is 0 Å². The minimum atomic E-state index is -5.60. The van der Waals surface area contributed by atoms with E-state index in [-0.39, 0.29) is 59.6 Å². The Balaban J connectivity index is 1.27. The van der Waals surface area contributed by atoms with Gasteiger partial charge < -0.3 is 50.9 Å². The fourth-order valence-corrected chi connectivity index (χ4v) is 10.4. The third-order valence-electron chi connectivity index (χ3n) is 10.9. The van der Waals surface area contributed by atoms with Crippen LogP contribution in [0, 0.1) is 5.41 Å². The zero-order valence-corrected chi connectivity index (χ0v) is 45.3. The maximum atomic E-state index is 12.8. The number of aromatic nitrogens is 4. The van der Waals surface area contributed by atoms with Gasteiger partial charge in [0, 0.05) is 37.1 Å². The number of carbonyl (C=O) groups is 4. The van der Waals surface area contributed by atoms with Gasteiger partial charge in [0.05, 0.1) is 26.0 Å². The number of thioether (sulfide) groups is 1. The topological polar surface area (TPSA) is 381 Å². The van der Waals surface area contributed by atoms with E-state index in [4.69, 9.17) is 19.5 Å². The number of aliphatic hydroxyl groups excluding tert-OH is 2. The van der Waals surface area contributed by atoms with Crippen LogP contribution in [0.1, 0.15) is 117 Å². The number of hydrogen-bond acceptors (Lipinski definition) is 19. The zero-order chi connectivity index (χ0) is 54.8. The highest BCUT2D eigenvalue weighted by atomic mass is 32.2. The third kappa shape index (κ3) is 24.9. The van der Waals surface area contributed by atoms with Crippen LogP contribution in [0.5, 0.6) is 0 Å². The van der Waals surface area contributed by atoms with Crippen molar-refractivity contribution in [3.63, 3.8) is 0 Å². The van der Waals surface area contributed by atoms with Crippen molar-refractivity contribution < 1.29 is 85.3 Å². The van der Waals surface area contributed by atoms with Crippen LogP contribution in [0.25, 0.3) is 11.2 Å². The molecule has 0 spiro atoms. The minimum absolute atomic E-state index is 0.0240. The molecule has 0 aromatic carbocycles. The van der Waals surface area contributed by atoms with Crippen molar-refractivity contribution in [3.05, 3.63) is 61.3 Å². The lowest BCUT2D eigenvalue weighted by Gasteiger charge is -2.30. The van der Waals surface area contributed by atoms with Gasteiger partial charge in [0.15, 0.2) is 22.8 Å². The van der Waals surface area contributed by atoms with E-state index in [9.17, 15) is 62.7 Å². The van der Waals surface area contributed by atoms with Crippen molar-refractivity contribution in [2.45, 2.75) is 141 Å². The number of rotatable bonds is 37. The molecule has 2 aromatic heterocycles. The van der Waals surface area contributed by atoms with E-state index in [2.05, 4.69) is 90.0 Å². The number of nitrogens with two attached hydrogens (primary N) is 1. The van der Waals surface area contributed by atoms with Gasteiger partial charge in [-0.25, -0.2) is 28.6 Å². The molecule has 1 aliphatic rings. The van der Waals surface area contributed by atoms with Gasteiger partial charge in [-0.05, 0) is 51.4 Å². The summed E-state index contributed by atoms with van der Waals surface area (Å²) in [7, 11) is -16.5. The molecule has 0 aliphatic carbocycles. The second-order valence-electron chi connectivity index (χ2n) is 17.7. The summed E-state index contributed by atoms with van der Waals surface area (Å²) in [5, 5.41) is 26.2. The zero-order valence-electron chi connectivity index (χ0n) is 41.8. The third-order valence-corrected chi connectivity index (χ3v) is 14.9. The average molecular weight is 1120 g/mol. The number of fused-ring (bicyclic) bond motifs is 1. The van der Waals surface area contributed by atoms with E-state index in [0.717, 1.165) is 73.9 Å². The van der Waals surface area contributed by atoms with Crippen LogP contribution in [-0.2, 0) is 55.5 Å². The van der Waals surface area contributed by atoms with Crippen LogP contribution in [0.15, 0.2) is 61.3 Å². The molecule has 10 N–H and O–H groups in total. The highest BCUT2D eigenvalue weighted by molar-refractivity contribution is 8.13. The summed E-state index contributed by atoms with van der Waals surface area (Å²) in [6, 6.07) is 0. The summed E-state index contributed by atoms with van der Waals surface area (Å²) in [5.41, 5.74) is 4.24. The first-order chi connectivity index (χ1) is 34.9. The number of nitrogen functional groups attached to an aromatic ring is 1. The second-order valence-corrected chi connectivity index (χ2v) is 23.1. The normalized spacial score (nSPS) is 19.7. The fraction of sp³-hybridized carbons (Fsp3) is 0.622. The Morgan fingerprint density at radius 2 is 1.47 bits per heavy atom. The molecule has 1 aliphatic heterocycles. The molecule has 1 fully saturated rings. The average Bonchev–Trinajstić information content (AvgIpc) is 3.89. The van der Waals surface area contributed by atoms with Crippen LogP contribution in [0.4, 0.5) is 5.82 Å². The highest BCUT2D eigenvalue weighted by Gasteiger charge is 2.50. The van der Waals surface area contributed by atoms with Crippen molar-refractivity contribution in [3.8, 4) is 0 Å². The van der Waals surface area contributed by atoms with Gasteiger partial charge in [-0.3, -0.25) is 37.3 Å². The predicted octanol–water partition coefficient (Wildman–Crippen LogP) is 5.55. The molecule has 1 saturated heterocycles. The molecular weight excluding hydrogens is 1050 g/mol. The highest BCUT2D eigenvalue weighted by Crippen LogP contribution is 2.61. The maximum absolute atomic E-state index is 12.8. The number of imidazole rings is 1. The molecule has 2 unspecified atom stereocenters. The number of nitrogens with zero attached hydrogens (tertiary/aromatic N) is 4. The predicted molar refractivity (Wildman–Crippen MR) is 274 cm³/mol. The Kier molecular flexibility index (Phi) is 28.5. The first-order valence-corrected chi connectivity index (χ1v) is 29.6. The SMILES string of the molecule is CCCCC/C=C\C/C=C\C/C=C\C/C=C\CCCCCC(=O)CC(=O)SCCNC(=O)CCNC(=O)[C@H](O)C(C)(C)COP(=O)(O)OP(=O)(O)OC[C@@H]1O[C@H](n2cnc3c(N)ncnc32)[C@H](O)[C@@H]1OP(=O)(O)O. The van der Waals surface area contributed by atoms with Crippen LogP contribution >= 0.6 is 35.2 Å². The van der Waals surface area contributed by atoms with Gasteiger partial charge in [0.2, 0.25) is 11.8 Å². The molecule has 29 heteroatoms. The molecule has 0 saturated carbocycles. The quantitative estimate of drug-likeness (QED) is 0.0173. The lowest BCUT2D eigenvalue weighted by Crippen LogP contribution is -2.46. The fourth-order valence-electron chi connectivity index (χ4n) is 6.92. The molecule has 2 aromatic rings. The first kappa shape index (κ1) is 64.5. The number of ketones is 1. The number of unbranched alkanes of at least 4 members (excludes halogenated alkanes) is 6. The summed E-state index contributed by atoms with van der Waals surface area (Å²) in [4.78, 5) is 101. The largest absolute Gasteiger partial charge is 0.481 e. The number of allylic oxidation sites excluding steroid dienone is 8. The molecular formula is C45H72N7O18P3S. The van der Waals surface area contributed by atoms with Gasteiger partial charge in [-0.15, -0.1) is 0 Å². The van der Waals surface area contributed by atoms with Crippen molar-refractivity contribution in [1.29, 1.82) is 0 Å². The molecule has 0 bridgehead atoms. The number of phosphoric ester groups is 3. The van der Waals surface area contributed by atoms with Crippen molar-refractivity contribution in [2.24, 2.45) is 5.41 Å². The van der Waals surface area contributed by atoms with E-state index in [1.54, 1.807) is 0 Å². The summed E-state index contributed by atoms with van der Waals surface area (Å²) in [5.74, 6) is -1.46. The Morgan fingerprint density at radius 1 is 0.851 bits per heavy atom. The molecule has 3 heterocycles. The van der Waals surface area contributed by atoms with Gasteiger partial charge in [0.25, 0.3) is 0 Å². The number of hydrogen-bond donors (Lipinski definition) is 9. The van der Waals surface area contributed by atoms with Gasteiger partial charge in [0.1, 0.15) is 42.0 Å². The van der Waals surface area contributed by atoms with E-state index < -0.39 is 84.6 Å². The lowest BCUT2D eigenvalue weighted by molar-refractivity contribution is -0.137. The van der Waals surface area contributed by atoms with Gasteiger partial charge >= 0.3 is 23.5 Å². The van der Waals surface area contributed by atoms with Crippen LogP contribution < -0.4 is 16.4 Å². The molecule has 2 amide bonds. The van der Waals surface area contributed by atoms with Crippen LogP contribution in [0.3, 0.4) is 0 Å². The number of amides is 2. The van der Waals surface area contributed by atoms with E-state index in [0.29, 0.717) is 12.8 Å². The molecule has 74 heavy (non-hydrogen) atoms. The van der Waals surface area contributed by atoms with Crippen LogP contribution in [0.2, 0.25) is 0 Å². The minimum Gasteiger partial charge on any atom is -0.386 e. The number of Topliss-reactive ketones (excluding diaryl/α,β-unsaturated/α-hetero) is 1.